The third-order valence-corrected chi connectivity index (χ3v) is 4.46. The van der Waals surface area contributed by atoms with E-state index < -0.39 is 0 Å². The van der Waals surface area contributed by atoms with Crippen LogP contribution in [-0.2, 0) is 12.0 Å². The van der Waals surface area contributed by atoms with E-state index in [1.54, 1.807) is 6.07 Å². The van der Waals surface area contributed by atoms with Gasteiger partial charge in [-0.3, -0.25) is 0 Å². The van der Waals surface area contributed by atoms with E-state index in [4.69, 9.17) is 16.0 Å². The molecule has 0 aliphatic rings. The second-order valence-corrected chi connectivity index (χ2v) is 7.21. The van der Waals surface area contributed by atoms with Gasteiger partial charge in [0.25, 0.3) is 0 Å². The number of halogens is 3. The molecule has 0 aliphatic heterocycles. The number of aromatic nitrogens is 1. The smallest absolute Gasteiger partial charge is 0.216 e. The van der Waals surface area contributed by atoms with E-state index in [0.29, 0.717) is 30.0 Å². The van der Waals surface area contributed by atoms with E-state index in [2.05, 4.69) is 20.6 Å². The average Bonchev–Trinajstić information content (AvgIpc) is 2.88. The van der Waals surface area contributed by atoms with Crippen molar-refractivity contribution in [3.05, 3.63) is 51.9 Å². The van der Waals surface area contributed by atoms with Gasteiger partial charge in [-0.05, 0) is 38.5 Å². The summed E-state index contributed by atoms with van der Waals surface area (Å²) in [6.07, 6.45) is 0. The zero-order chi connectivity index (χ0) is 19.3. The van der Waals surface area contributed by atoms with Crippen LogP contribution in [-0.4, -0.2) is 24.0 Å². The molecule has 0 saturated carbocycles. The van der Waals surface area contributed by atoms with Crippen molar-refractivity contribution in [3.63, 3.8) is 0 Å². The predicted octanol–water partition coefficient (Wildman–Crippen LogP) is 4.73. The van der Waals surface area contributed by atoms with Crippen molar-refractivity contribution in [2.45, 2.75) is 46.6 Å². The van der Waals surface area contributed by atoms with Crippen molar-refractivity contribution in [2.75, 3.05) is 13.1 Å². The van der Waals surface area contributed by atoms with E-state index in [9.17, 15) is 4.39 Å². The van der Waals surface area contributed by atoms with Crippen LogP contribution in [0.1, 0.15) is 43.7 Å². The molecule has 0 amide bonds. The minimum Gasteiger partial charge on any atom is -0.444 e. The molecule has 2 N–H and O–H groups in total. The van der Waals surface area contributed by atoms with Gasteiger partial charge in [0.1, 0.15) is 18.1 Å². The molecule has 0 fully saturated rings. The molecule has 1 aromatic heterocycles. The largest absolute Gasteiger partial charge is 0.444 e. The fourth-order valence-electron chi connectivity index (χ4n) is 2.53. The Morgan fingerprint density at radius 2 is 2.00 bits per heavy atom. The van der Waals surface area contributed by atoms with Gasteiger partial charge in [-0.1, -0.05) is 31.5 Å². The highest BCUT2D eigenvalue weighted by Gasteiger charge is 2.24. The van der Waals surface area contributed by atoms with Crippen LogP contribution in [0.4, 0.5) is 4.39 Å². The number of oxazole rings is 1. The maximum Gasteiger partial charge on any atom is 0.216 e. The van der Waals surface area contributed by atoms with E-state index in [1.165, 1.54) is 12.1 Å². The Morgan fingerprint density at radius 3 is 2.56 bits per heavy atom. The molecule has 0 spiro atoms. The van der Waals surface area contributed by atoms with Crippen LogP contribution in [0.3, 0.4) is 0 Å². The number of hydrogen-bond acceptors (Lipinski definition) is 3. The zero-order valence-corrected chi connectivity index (χ0v) is 19.4. The third kappa shape index (κ3) is 6.64. The number of aryl methyl sites for hydroxylation is 2. The fraction of sp³-hybridized carbons (Fsp3) is 0.474. The summed E-state index contributed by atoms with van der Waals surface area (Å²) in [6, 6.07) is 4.49. The SMILES string of the molecule is CCNC(=NCc1nc(C)c(C)o1)NCC(C)(C)c1ccc(F)cc1Cl.I. The fourth-order valence-corrected chi connectivity index (χ4v) is 2.96. The Kier molecular flexibility index (Phi) is 9.01. The summed E-state index contributed by atoms with van der Waals surface area (Å²) in [4.78, 5) is 8.85. The lowest BCUT2D eigenvalue weighted by Crippen LogP contribution is -2.43. The highest BCUT2D eigenvalue weighted by atomic mass is 127. The molecule has 0 aliphatic carbocycles. The van der Waals surface area contributed by atoms with Crippen LogP contribution in [0.2, 0.25) is 5.02 Å². The normalized spacial score (nSPS) is 11.9. The average molecular weight is 509 g/mol. The first-order valence-electron chi connectivity index (χ1n) is 8.63. The number of nitrogens with one attached hydrogen (secondary N) is 2. The van der Waals surface area contributed by atoms with Gasteiger partial charge in [-0.25, -0.2) is 14.4 Å². The second-order valence-electron chi connectivity index (χ2n) is 6.81. The molecule has 2 aromatic rings. The minimum absolute atomic E-state index is 0. The van der Waals surface area contributed by atoms with Crippen LogP contribution >= 0.6 is 35.6 Å². The van der Waals surface area contributed by atoms with Crippen LogP contribution in [0.25, 0.3) is 0 Å². The molecule has 0 bridgehead atoms. The topological polar surface area (TPSA) is 62.5 Å². The maximum atomic E-state index is 13.3. The number of benzene rings is 1. The first-order chi connectivity index (χ1) is 12.2. The molecule has 1 aromatic carbocycles. The lowest BCUT2D eigenvalue weighted by Gasteiger charge is -2.27. The summed E-state index contributed by atoms with van der Waals surface area (Å²) < 4.78 is 18.9. The Balaban J connectivity index is 0.00000364. The summed E-state index contributed by atoms with van der Waals surface area (Å²) in [5.41, 5.74) is 1.44. The van der Waals surface area contributed by atoms with Crippen LogP contribution in [0, 0.1) is 19.7 Å². The Morgan fingerprint density at radius 1 is 1.30 bits per heavy atom. The number of rotatable bonds is 6. The monoisotopic (exact) mass is 508 g/mol. The number of nitrogens with zero attached hydrogens (tertiary/aromatic N) is 2. The Hall–Kier alpha value is -1.35. The van der Waals surface area contributed by atoms with Crippen molar-refractivity contribution >= 4 is 41.5 Å². The maximum absolute atomic E-state index is 13.3. The van der Waals surface area contributed by atoms with Gasteiger partial charge in [0.2, 0.25) is 5.89 Å². The molecular weight excluding hydrogens is 482 g/mol. The van der Waals surface area contributed by atoms with Gasteiger partial charge in [0.15, 0.2) is 5.96 Å². The third-order valence-electron chi connectivity index (χ3n) is 4.15. The number of guanidine groups is 1. The molecular formula is C19H27ClFIN4O. The molecule has 27 heavy (non-hydrogen) atoms. The molecule has 0 saturated heterocycles. The van der Waals surface area contributed by atoms with Crippen molar-refractivity contribution in [2.24, 2.45) is 4.99 Å². The minimum atomic E-state index is -0.339. The van der Waals surface area contributed by atoms with Crippen molar-refractivity contribution in [3.8, 4) is 0 Å². The van der Waals surface area contributed by atoms with Gasteiger partial charge in [-0.15, -0.1) is 24.0 Å². The summed E-state index contributed by atoms with van der Waals surface area (Å²) in [6.45, 7) is 11.5. The van der Waals surface area contributed by atoms with Crippen LogP contribution in [0.15, 0.2) is 27.6 Å². The molecule has 2 rings (SSSR count). The summed E-state index contributed by atoms with van der Waals surface area (Å²) in [7, 11) is 0. The van der Waals surface area contributed by atoms with Gasteiger partial charge < -0.3 is 15.1 Å². The second kappa shape index (κ2) is 10.3. The quantitative estimate of drug-likeness (QED) is 0.336. The summed E-state index contributed by atoms with van der Waals surface area (Å²) >= 11 is 6.21. The van der Waals surface area contributed by atoms with E-state index in [1.807, 2.05) is 34.6 Å². The highest BCUT2D eigenvalue weighted by Crippen LogP contribution is 2.29. The van der Waals surface area contributed by atoms with Crippen LogP contribution in [0.5, 0.6) is 0 Å². The molecule has 8 heteroatoms. The predicted molar refractivity (Wildman–Crippen MR) is 119 cm³/mol. The van der Waals surface area contributed by atoms with Gasteiger partial charge in [0.05, 0.1) is 5.69 Å². The van der Waals surface area contributed by atoms with Crippen molar-refractivity contribution < 1.29 is 8.81 Å². The van der Waals surface area contributed by atoms with Gasteiger partial charge in [-0.2, -0.15) is 0 Å². The lowest BCUT2D eigenvalue weighted by atomic mass is 9.84. The Labute approximate surface area is 182 Å². The summed E-state index contributed by atoms with van der Waals surface area (Å²) in [5, 5.41) is 6.93. The van der Waals surface area contributed by atoms with Gasteiger partial charge in [0, 0.05) is 23.5 Å². The number of aliphatic imine (C=N–C) groups is 1. The molecule has 5 nitrogen and oxygen atoms in total. The van der Waals surface area contributed by atoms with Crippen molar-refractivity contribution in [1.29, 1.82) is 0 Å². The molecule has 1 heterocycles. The van der Waals surface area contributed by atoms with Crippen molar-refractivity contribution in [1.82, 2.24) is 15.6 Å². The Bertz CT molecular complexity index is 773. The summed E-state index contributed by atoms with van der Waals surface area (Å²) in [5.74, 6) is 1.71. The molecule has 0 unspecified atom stereocenters. The van der Waals surface area contributed by atoms with E-state index in [-0.39, 0.29) is 35.2 Å². The molecule has 150 valence electrons. The van der Waals surface area contributed by atoms with E-state index >= 15 is 0 Å². The zero-order valence-electron chi connectivity index (χ0n) is 16.3. The standard InChI is InChI=1S/C19H26ClFN4O.HI/c1-6-22-18(23-10-17-25-12(2)13(3)26-17)24-11-19(4,5)15-8-7-14(21)9-16(15)20;/h7-9H,6,10-11H2,1-5H3,(H2,22,23,24);1H. The first-order valence-corrected chi connectivity index (χ1v) is 9.01. The van der Waals surface area contributed by atoms with E-state index in [0.717, 1.165) is 23.6 Å². The first kappa shape index (κ1) is 23.7. The molecule has 0 atom stereocenters. The highest BCUT2D eigenvalue weighted by molar-refractivity contribution is 14.0. The lowest BCUT2D eigenvalue weighted by molar-refractivity contribution is 0.471. The van der Waals surface area contributed by atoms with Gasteiger partial charge >= 0.3 is 0 Å². The number of hydrogen-bond donors (Lipinski definition) is 2. The molecule has 0 radical (unpaired) electrons. The van der Waals surface area contributed by atoms with Crippen LogP contribution < -0.4 is 10.6 Å².